The topological polar surface area (TPSA) is 78.9 Å². The number of methoxy groups -OCH3 is 2. The Bertz CT molecular complexity index is 942. The maximum absolute atomic E-state index is 12.6. The predicted octanol–water partition coefficient (Wildman–Crippen LogP) is 3.34. The Kier molecular flexibility index (Phi) is 4.26. The molecule has 7 nitrogen and oxygen atoms in total. The quantitative estimate of drug-likeness (QED) is 0.757. The molecule has 1 amide bonds. The predicted molar refractivity (Wildman–Crippen MR) is 98.1 cm³/mol. The van der Waals surface area contributed by atoms with Gasteiger partial charge in [-0.2, -0.15) is 0 Å². The molecule has 0 saturated carbocycles. The molecule has 1 aromatic heterocycles. The van der Waals surface area contributed by atoms with E-state index in [0.717, 1.165) is 10.2 Å². The zero-order valence-corrected chi connectivity index (χ0v) is 15.0. The molecule has 2 aromatic carbocycles. The number of nitrogens with zero attached hydrogens (tertiary/aromatic N) is 1. The number of aromatic nitrogens is 1. The fourth-order valence-electron chi connectivity index (χ4n) is 2.67. The monoisotopic (exact) mass is 372 g/mol. The number of anilines is 1. The van der Waals surface area contributed by atoms with Crippen molar-refractivity contribution in [3.05, 3.63) is 35.9 Å². The molecule has 4 rings (SSSR count). The number of ether oxygens (including phenoxy) is 4. The summed E-state index contributed by atoms with van der Waals surface area (Å²) in [5, 5.41) is 3.31. The summed E-state index contributed by atoms with van der Waals surface area (Å²) in [5.41, 5.74) is 1.15. The van der Waals surface area contributed by atoms with Crippen molar-refractivity contribution in [1.82, 2.24) is 4.98 Å². The van der Waals surface area contributed by atoms with Gasteiger partial charge in [0.15, 0.2) is 16.6 Å². The summed E-state index contributed by atoms with van der Waals surface area (Å²) in [6.07, 6.45) is 0. The van der Waals surface area contributed by atoms with E-state index in [1.165, 1.54) is 18.4 Å². The second-order valence-electron chi connectivity index (χ2n) is 5.50. The highest BCUT2D eigenvalue weighted by atomic mass is 32.1. The van der Waals surface area contributed by atoms with Crippen molar-refractivity contribution in [2.75, 3.05) is 32.8 Å². The van der Waals surface area contributed by atoms with Gasteiger partial charge in [-0.05, 0) is 12.1 Å². The molecule has 2 heterocycles. The van der Waals surface area contributed by atoms with Crippen molar-refractivity contribution in [2.45, 2.75) is 0 Å². The van der Waals surface area contributed by atoms with Crippen molar-refractivity contribution < 1.29 is 23.7 Å². The fourth-order valence-corrected chi connectivity index (χ4v) is 3.54. The molecule has 1 N–H and O–H groups in total. The van der Waals surface area contributed by atoms with Gasteiger partial charge in [-0.1, -0.05) is 11.3 Å². The average molecular weight is 372 g/mol. The van der Waals surface area contributed by atoms with E-state index in [4.69, 9.17) is 18.9 Å². The van der Waals surface area contributed by atoms with Crippen LogP contribution in [0, 0.1) is 0 Å². The summed E-state index contributed by atoms with van der Waals surface area (Å²) < 4.78 is 22.5. The van der Waals surface area contributed by atoms with Crippen molar-refractivity contribution in [1.29, 1.82) is 0 Å². The third-order valence-corrected chi connectivity index (χ3v) is 4.86. The first kappa shape index (κ1) is 16.5. The smallest absolute Gasteiger partial charge is 0.261 e. The summed E-state index contributed by atoms with van der Waals surface area (Å²) in [6.45, 7) is 1.04. The van der Waals surface area contributed by atoms with Gasteiger partial charge in [0.05, 0.1) is 30.0 Å². The van der Waals surface area contributed by atoms with Gasteiger partial charge in [0.2, 0.25) is 0 Å². The first-order valence-electron chi connectivity index (χ1n) is 7.91. The van der Waals surface area contributed by atoms with Gasteiger partial charge in [-0.3, -0.25) is 10.1 Å². The molecule has 1 aliphatic heterocycles. The molecule has 134 valence electrons. The van der Waals surface area contributed by atoms with Crippen LogP contribution in [-0.2, 0) is 0 Å². The van der Waals surface area contributed by atoms with Gasteiger partial charge >= 0.3 is 0 Å². The van der Waals surface area contributed by atoms with Crippen molar-refractivity contribution in [2.24, 2.45) is 0 Å². The number of rotatable bonds is 4. The molecule has 0 aliphatic carbocycles. The number of benzene rings is 2. The Morgan fingerprint density at radius 2 is 1.88 bits per heavy atom. The molecular weight excluding hydrogens is 356 g/mol. The molecule has 3 aromatic rings. The van der Waals surface area contributed by atoms with Gasteiger partial charge in [0, 0.05) is 18.2 Å². The van der Waals surface area contributed by atoms with Crippen LogP contribution in [0.25, 0.3) is 10.2 Å². The van der Waals surface area contributed by atoms with E-state index in [-0.39, 0.29) is 5.91 Å². The highest BCUT2D eigenvalue weighted by molar-refractivity contribution is 7.22. The van der Waals surface area contributed by atoms with Crippen molar-refractivity contribution in [3.8, 4) is 23.0 Å². The number of fused-ring (bicyclic) bond motifs is 2. The molecule has 26 heavy (non-hydrogen) atoms. The van der Waals surface area contributed by atoms with Gasteiger partial charge < -0.3 is 18.9 Å². The standard InChI is InChI=1S/C18H16N2O5S/c1-22-10-3-4-11(13(7-10)23-2)17(21)20-18-19-12-8-14-15(9-16(12)26-18)25-6-5-24-14/h3-4,7-9H,5-6H2,1-2H3,(H,19,20,21). The second kappa shape index (κ2) is 6.72. The molecular formula is C18H16N2O5S. The first-order chi connectivity index (χ1) is 12.7. The maximum Gasteiger partial charge on any atom is 0.261 e. The molecule has 0 bridgehead atoms. The Hall–Kier alpha value is -3.00. The van der Waals surface area contributed by atoms with E-state index >= 15 is 0 Å². The van der Waals surface area contributed by atoms with Crippen LogP contribution in [0.1, 0.15) is 10.4 Å². The van der Waals surface area contributed by atoms with Crippen LogP contribution in [0.4, 0.5) is 5.13 Å². The van der Waals surface area contributed by atoms with E-state index in [2.05, 4.69) is 10.3 Å². The minimum Gasteiger partial charge on any atom is -0.497 e. The van der Waals surface area contributed by atoms with E-state index in [1.54, 1.807) is 25.3 Å². The van der Waals surface area contributed by atoms with Crippen LogP contribution in [0.5, 0.6) is 23.0 Å². The lowest BCUT2D eigenvalue weighted by Gasteiger charge is -2.17. The summed E-state index contributed by atoms with van der Waals surface area (Å²) in [7, 11) is 3.07. The van der Waals surface area contributed by atoms with Crippen LogP contribution in [0.2, 0.25) is 0 Å². The van der Waals surface area contributed by atoms with Gasteiger partial charge in [0.25, 0.3) is 5.91 Å². The highest BCUT2D eigenvalue weighted by Gasteiger charge is 2.18. The Morgan fingerprint density at radius 1 is 1.12 bits per heavy atom. The van der Waals surface area contributed by atoms with Gasteiger partial charge in [0.1, 0.15) is 24.7 Å². The summed E-state index contributed by atoms with van der Waals surface area (Å²) in [6, 6.07) is 8.73. The third kappa shape index (κ3) is 2.99. The average Bonchev–Trinajstić information content (AvgIpc) is 3.06. The lowest BCUT2D eigenvalue weighted by Crippen LogP contribution is -2.15. The molecule has 0 radical (unpaired) electrons. The number of nitrogens with one attached hydrogen (secondary N) is 1. The van der Waals surface area contributed by atoms with Crippen molar-refractivity contribution in [3.63, 3.8) is 0 Å². The summed E-state index contributed by atoms with van der Waals surface area (Å²) >= 11 is 1.37. The lowest BCUT2D eigenvalue weighted by molar-refractivity contribution is 0.102. The van der Waals surface area contributed by atoms with Crippen LogP contribution in [0.15, 0.2) is 30.3 Å². The van der Waals surface area contributed by atoms with Crippen LogP contribution < -0.4 is 24.3 Å². The van der Waals surface area contributed by atoms with Crippen molar-refractivity contribution >= 4 is 32.6 Å². The van der Waals surface area contributed by atoms with E-state index in [0.29, 0.717) is 46.9 Å². The fraction of sp³-hybridized carbons (Fsp3) is 0.222. The normalized spacial score (nSPS) is 12.7. The van der Waals surface area contributed by atoms with Gasteiger partial charge in [-0.25, -0.2) is 4.98 Å². The molecule has 0 unspecified atom stereocenters. The zero-order chi connectivity index (χ0) is 18.1. The highest BCUT2D eigenvalue weighted by Crippen LogP contribution is 2.38. The minimum absolute atomic E-state index is 0.305. The maximum atomic E-state index is 12.6. The third-order valence-electron chi connectivity index (χ3n) is 3.93. The van der Waals surface area contributed by atoms with Crippen LogP contribution >= 0.6 is 11.3 Å². The molecule has 0 spiro atoms. The summed E-state index contributed by atoms with van der Waals surface area (Å²) in [5.74, 6) is 2.11. The van der Waals surface area contributed by atoms with E-state index < -0.39 is 0 Å². The lowest BCUT2D eigenvalue weighted by atomic mass is 10.2. The molecule has 0 fully saturated rings. The largest absolute Gasteiger partial charge is 0.497 e. The number of carbonyl (C=O) groups excluding carboxylic acids is 1. The van der Waals surface area contributed by atoms with Crippen LogP contribution in [0.3, 0.4) is 0 Å². The molecule has 8 heteroatoms. The Balaban J connectivity index is 1.61. The number of thiazole rings is 1. The second-order valence-corrected chi connectivity index (χ2v) is 6.53. The number of carbonyl (C=O) groups is 1. The van der Waals surface area contributed by atoms with E-state index in [1.807, 2.05) is 12.1 Å². The Morgan fingerprint density at radius 3 is 2.62 bits per heavy atom. The summed E-state index contributed by atoms with van der Waals surface area (Å²) in [4.78, 5) is 17.1. The first-order valence-corrected chi connectivity index (χ1v) is 8.73. The molecule has 0 atom stereocenters. The van der Waals surface area contributed by atoms with E-state index in [9.17, 15) is 4.79 Å². The molecule has 0 saturated heterocycles. The molecule has 1 aliphatic rings. The number of hydrogen-bond donors (Lipinski definition) is 1. The van der Waals surface area contributed by atoms with Gasteiger partial charge in [-0.15, -0.1) is 0 Å². The number of hydrogen-bond acceptors (Lipinski definition) is 7. The van der Waals surface area contributed by atoms with Crippen LogP contribution in [-0.4, -0.2) is 38.3 Å². The number of amides is 1. The minimum atomic E-state index is -0.305. The SMILES string of the molecule is COc1ccc(C(=O)Nc2nc3cc4c(cc3s2)OCCO4)c(OC)c1. The zero-order valence-electron chi connectivity index (χ0n) is 14.2. The Labute approximate surface area is 153 Å².